The zero-order valence-corrected chi connectivity index (χ0v) is 15.6. The van der Waals surface area contributed by atoms with Crippen LogP contribution in [0.25, 0.3) is 0 Å². The van der Waals surface area contributed by atoms with Gasteiger partial charge in [0.1, 0.15) is 31.1 Å². The summed E-state index contributed by atoms with van der Waals surface area (Å²) in [5.74, 6) is 1.32. The Kier molecular flexibility index (Phi) is 5.07. The van der Waals surface area contributed by atoms with Gasteiger partial charge in [0.15, 0.2) is 17.3 Å². The molecular formula is C21H18N4O4. The minimum absolute atomic E-state index is 0.0750. The second-order valence-electron chi connectivity index (χ2n) is 6.36. The van der Waals surface area contributed by atoms with Gasteiger partial charge in [0.25, 0.3) is 5.91 Å². The molecule has 8 heteroatoms. The molecule has 0 radical (unpaired) electrons. The molecule has 0 bridgehead atoms. The number of carbonyl (C=O) groups is 2. The molecule has 0 saturated carbocycles. The van der Waals surface area contributed by atoms with Gasteiger partial charge in [-0.05, 0) is 31.2 Å². The molecule has 0 unspecified atom stereocenters. The molecule has 1 amide bonds. The molecule has 0 atom stereocenters. The number of benzene rings is 2. The highest BCUT2D eigenvalue weighted by Crippen LogP contribution is 2.33. The molecule has 0 aliphatic carbocycles. The maximum Gasteiger partial charge on any atom is 0.274 e. The van der Waals surface area contributed by atoms with Crippen molar-refractivity contribution in [3.63, 3.8) is 0 Å². The lowest BCUT2D eigenvalue weighted by molar-refractivity contribution is 0.100. The van der Waals surface area contributed by atoms with Crippen LogP contribution in [0.15, 0.2) is 54.9 Å². The third kappa shape index (κ3) is 4.32. The number of nitrogens with one attached hydrogen (secondary N) is 2. The molecule has 2 aromatic carbocycles. The third-order valence-corrected chi connectivity index (χ3v) is 4.24. The normalized spacial score (nSPS) is 12.2. The number of hydrogen-bond acceptors (Lipinski definition) is 7. The number of carbonyl (C=O) groups excluding carboxylic acids is 2. The van der Waals surface area contributed by atoms with Crippen LogP contribution in [-0.2, 0) is 0 Å². The molecule has 2 N–H and O–H groups in total. The lowest BCUT2D eigenvalue weighted by Gasteiger charge is -2.19. The Bertz CT molecular complexity index is 1080. The van der Waals surface area contributed by atoms with E-state index in [1.165, 1.54) is 13.3 Å². The van der Waals surface area contributed by atoms with E-state index in [2.05, 4.69) is 20.6 Å². The first kappa shape index (κ1) is 18.4. The molecule has 8 nitrogen and oxygen atoms in total. The topological polar surface area (TPSA) is 102 Å². The second kappa shape index (κ2) is 7.97. The maximum atomic E-state index is 12.5. The van der Waals surface area contributed by atoms with Crippen LogP contribution in [0.3, 0.4) is 0 Å². The quantitative estimate of drug-likeness (QED) is 0.643. The second-order valence-corrected chi connectivity index (χ2v) is 6.36. The van der Waals surface area contributed by atoms with Gasteiger partial charge >= 0.3 is 0 Å². The molecule has 0 spiro atoms. The number of nitrogens with zero attached hydrogens (tertiary/aromatic N) is 2. The molecular weight excluding hydrogens is 372 g/mol. The van der Waals surface area contributed by atoms with Gasteiger partial charge in [0.2, 0.25) is 0 Å². The zero-order chi connectivity index (χ0) is 20.2. The van der Waals surface area contributed by atoms with Crippen LogP contribution >= 0.6 is 0 Å². The van der Waals surface area contributed by atoms with E-state index in [0.717, 1.165) is 5.69 Å². The van der Waals surface area contributed by atoms with Crippen molar-refractivity contribution < 1.29 is 19.1 Å². The van der Waals surface area contributed by atoms with E-state index < -0.39 is 5.91 Å². The zero-order valence-electron chi connectivity index (χ0n) is 15.6. The highest BCUT2D eigenvalue weighted by molar-refractivity contribution is 6.04. The Balaban J connectivity index is 1.49. The summed E-state index contributed by atoms with van der Waals surface area (Å²) in [7, 11) is 0. The Morgan fingerprint density at radius 1 is 0.931 bits per heavy atom. The van der Waals surface area contributed by atoms with E-state index in [1.807, 2.05) is 18.2 Å². The van der Waals surface area contributed by atoms with Crippen LogP contribution in [0.4, 0.5) is 17.2 Å². The molecule has 1 aliphatic heterocycles. The van der Waals surface area contributed by atoms with Crippen molar-refractivity contribution in [2.75, 3.05) is 23.8 Å². The third-order valence-electron chi connectivity index (χ3n) is 4.24. The number of ketones is 1. The molecule has 4 rings (SSSR count). The maximum absolute atomic E-state index is 12.5. The van der Waals surface area contributed by atoms with Crippen LogP contribution in [0.5, 0.6) is 11.5 Å². The molecule has 2 heterocycles. The first-order chi connectivity index (χ1) is 14.1. The molecule has 146 valence electrons. The Labute approximate surface area is 166 Å². The van der Waals surface area contributed by atoms with E-state index in [1.54, 1.807) is 30.3 Å². The van der Waals surface area contributed by atoms with Crippen molar-refractivity contribution in [3.05, 3.63) is 66.1 Å². The lowest BCUT2D eigenvalue weighted by Crippen LogP contribution is -2.15. The van der Waals surface area contributed by atoms with Crippen molar-refractivity contribution in [2.24, 2.45) is 0 Å². The largest absolute Gasteiger partial charge is 0.486 e. The van der Waals surface area contributed by atoms with E-state index in [9.17, 15) is 9.59 Å². The number of amides is 1. The fourth-order valence-corrected chi connectivity index (χ4v) is 2.83. The van der Waals surface area contributed by atoms with E-state index in [-0.39, 0.29) is 11.5 Å². The smallest absolute Gasteiger partial charge is 0.274 e. The molecule has 0 fully saturated rings. The average Bonchev–Trinajstić information content (AvgIpc) is 2.74. The standard InChI is InChI=1S/C21H18N4O4/c1-13(26)14-3-2-4-15(9-14)25-21(27)17-11-20(23-12-22-17)24-16-5-6-18-19(10-16)29-8-7-28-18/h2-6,9-12H,7-8H2,1H3,(H,25,27)(H,22,23,24). The summed E-state index contributed by atoms with van der Waals surface area (Å²) in [6.07, 6.45) is 1.31. The number of ether oxygens (including phenoxy) is 2. The van der Waals surface area contributed by atoms with E-state index >= 15 is 0 Å². The van der Waals surface area contributed by atoms with Crippen molar-refractivity contribution in [1.29, 1.82) is 0 Å². The molecule has 29 heavy (non-hydrogen) atoms. The summed E-state index contributed by atoms with van der Waals surface area (Å²) >= 11 is 0. The van der Waals surface area contributed by atoms with Gasteiger partial charge in [0.05, 0.1) is 0 Å². The number of Topliss-reactive ketones (excluding diaryl/α,β-unsaturated/α-hetero) is 1. The Hall–Kier alpha value is -3.94. The Morgan fingerprint density at radius 2 is 1.76 bits per heavy atom. The highest BCUT2D eigenvalue weighted by Gasteiger charge is 2.13. The number of fused-ring (bicyclic) bond motifs is 1. The first-order valence-electron chi connectivity index (χ1n) is 8.99. The van der Waals surface area contributed by atoms with Crippen molar-refractivity contribution >= 4 is 28.9 Å². The van der Waals surface area contributed by atoms with Gasteiger partial charge in [-0.3, -0.25) is 9.59 Å². The molecule has 0 saturated heterocycles. The monoisotopic (exact) mass is 390 g/mol. The van der Waals surface area contributed by atoms with Crippen LogP contribution < -0.4 is 20.1 Å². The van der Waals surface area contributed by atoms with Gasteiger partial charge in [0, 0.05) is 29.1 Å². The summed E-state index contributed by atoms with van der Waals surface area (Å²) in [6.45, 7) is 2.50. The fourth-order valence-electron chi connectivity index (χ4n) is 2.83. The number of rotatable bonds is 5. The van der Waals surface area contributed by atoms with Gasteiger partial charge in [-0.15, -0.1) is 0 Å². The first-order valence-corrected chi connectivity index (χ1v) is 8.99. The van der Waals surface area contributed by atoms with Crippen LogP contribution in [0, 0.1) is 0 Å². The highest BCUT2D eigenvalue weighted by atomic mass is 16.6. The van der Waals surface area contributed by atoms with Crippen LogP contribution in [0.2, 0.25) is 0 Å². The molecule has 1 aromatic heterocycles. The molecule has 1 aliphatic rings. The van der Waals surface area contributed by atoms with E-state index in [0.29, 0.717) is 41.8 Å². The fraction of sp³-hybridized carbons (Fsp3) is 0.143. The van der Waals surface area contributed by atoms with Gasteiger partial charge < -0.3 is 20.1 Å². The number of anilines is 3. The van der Waals surface area contributed by atoms with Gasteiger partial charge in [-0.25, -0.2) is 9.97 Å². The summed E-state index contributed by atoms with van der Waals surface area (Å²) in [6, 6.07) is 13.7. The number of aromatic nitrogens is 2. The number of hydrogen-bond donors (Lipinski definition) is 2. The van der Waals surface area contributed by atoms with Crippen LogP contribution in [0.1, 0.15) is 27.8 Å². The summed E-state index contributed by atoms with van der Waals surface area (Å²) in [4.78, 5) is 32.2. The summed E-state index contributed by atoms with van der Waals surface area (Å²) in [5.41, 5.74) is 1.97. The predicted molar refractivity (Wildman–Crippen MR) is 107 cm³/mol. The van der Waals surface area contributed by atoms with Crippen molar-refractivity contribution in [1.82, 2.24) is 9.97 Å². The minimum atomic E-state index is -0.404. The average molecular weight is 390 g/mol. The summed E-state index contributed by atoms with van der Waals surface area (Å²) in [5, 5.41) is 5.87. The molecule has 3 aromatic rings. The van der Waals surface area contributed by atoms with Crippen molar-refractivity contribution in [2.45, 2.75) is 6.92 Å². The van der Waals surface area contributed by atoms with Gasteiger partial charge in [-0.1, -0.05) is 12.1 Å². The summed E-state index contributed by atoms with van der Waals surface area (Å²) < 4.78 is 11.1. The Morgan fingerprint density at radius 3 is 2.59 bits per heavy atom. The SMILES string of the molecule is CC(=O)c1cccc(NC(=O)c2cc(Nc3ccc4c(c3)OCCO4)ncn2)c1. The van der Waals surface area contributed by atoms with Crippen molar-refractivity contribution in [3.8, 4) is 11.5 Å². The van der Waals surface area contributed by atoms with Gasteiger partial charge in [-0.2, -0.15) is 0 Å². The minimum Gasteiger partial charge on any atom is -0.486 e. The van der Waals surface area contributed by atoms with E-state index in [4.69, 9.17) is 9.47 Å². The lowest BCUT2D eigenvalue weighted by atomic mass is 10.1. The van der Waals surface area contributed by atoms with Crippen LogP contribution in [-0.4, -0.2) is 34.9 Å². The predicted octanol–water partition coefficient (Wildman–Crippen LogP) is 3.45.